The second kappa shape index (κ2) is 5.78. The van der Waals surface area contributed by atoms with E-state index in [1.807, 2.05) is 12.1 Å². The van der Waals surface area contributed by atoms with Crippen LogP contribution >= 0.6 is 0 Å². The van der Waals surface area contributed by atoms with Gasteiger partial charge in [-0.2, -0.15) is 0 Å². The number of fused-ring (bicyclic) bond motifs is 1. The number of hydrogen-bond acceptors (Lipinski definition) is 5. The molecule has 0 saturated carbocycles. The topological polar surface area (TPSA) is 75.7 Å². The second-order valence-electron chi connectivity index (χ2n) is 4.71. The molecule has 2 aromatic rings. The molecule has 110 valence electrons. The normalized spacial score (nSPS) is 12.4. The summed E-state index contributed by atoms with van der Waals surface area (Å²) in [5.41, 5.74) is 6.17. The lowest BCUT2D eigenvalue weighted by Gasteiger charge is -2.08. The fourth-order valence-corrected chi connectivity index (χ4v) is 2.12. The zero-order chi connectivity index (χ0) is 14.7. The van der Waals surface area contributed by atoms with Crippen molar-refractivity contribution in [1.29, 1.82) is 0 Å². The lowest BCUT2D eigenvalue weighted by atomic mass is 10.3. The van der Waals surface area contributed by atoms with Gasteiger partial charge in [0.1, 0.15) is 5.75 Å². The molecular weight excluding hydrogens is 272 g/mol. The first-order valence-electron chi connectivity index (χ1n) is 6.71. The number of nitrogens with zero attached hydrogens (tertiary/aromatic N) is 1. The van der Waals surface area contributed by atoms with Crippen LogP contribution in [0.15, 0.2) is 41.3 Å². The third-order valence-corrected chi connectivity index (χ3v) is 3.16. The molecule has 21 heavy (non-hydrogen) atoms. The molecule has 3 rings (SSSR count). The van der Waals surface area contributed by atoms with Gasteiger partial charge in [0, 0.05) is 30.6 Å². The van der Waals surface area contributed by atoms with Gasteiger partial charge < -0.3 is 24.5 Å². The number of nitrogens with two attached hydrogens (primary N) is 1. The molecule has 1 aliphatic heterocycles. The van der Waals surface area contributed by atoms with Gasteiger partial charge in [-0.05, 0) is 24.6 Å². The summed E-state index contributed by atoms with van der Waals surface area (Å²) in [7, 11) is 0. The lowest BCUT2D eigenvalue weighted by molar-refractivity contribution is 0.173. The maximum atomic E-state index is 11.6. The van der Waals surface area contributed by atoms with Crippen molar-refractivity contribution in [3.63, 3.8) is 0 Å². The summed E-state index contributed by atoms with van der Waals surface area (Å²) in [6.07, 6.45) is 2.35. The lowest BCUT2D eigenvalue weighted by Crippen LogP contribution is -2.20. The number of aryl methyl sites for hydroxylation is 1. The van der Waals surface area contributed by atoms with Gasteiger partial charge in [-0.25, -0.2) is 0 Å². The first kappa shape index (κ1) is 13.4. The van der Waals surface area contributed by atoms with E-state index in [1.54, 1.807) is 22.9 Å². The molecular formula is C15H16N2O4. The van der Waals surface area contributed by atoms with Gasteiger partial charge in [0.15, 0.2) is 11.5 Å². The highest BCUT2D eigenvalue weighted by Crippen LogP contribution is 2.35. The highest BCUT2D eigenvalue weighted by Gasteiger charge is 2.13. The predicted octanol–water partition coefficient (Wildman–Crippen LogP) is 1.63. The number of nitrogen functional groups attached to an aromatic ring is 1. The Hall–Kier alpha value is -2.63. The van der Waals surface area contributed by atoms with Crippen LogP contribution in [-0.4, -0.2) is 18.0 Å². The summed E-state index contributed by atoms with van der Waals surface area (Å²) >= 11 is 0. The summed E-state index contributed by atoms with van der Waals surface area (Å²) in [5, 5.41) is 0. The van der Waals surface area contributed by atoms with Gasteiger partial charge in [-0.3, -0.25) is 4.79 Å². The Bertz CT molecular complexity index is 696. The Morgan fingerprint density at radius 3 is 2.95 bits per heavy atom. The molecule has 0 bridgehead atoms. The molecule has 1 aromatic heterocycles. The fourth-order valence-electron chi connectivity index (χ4n) is 2.12. The number of rotatable bonds is 5. The molecule has 0 radical (unpaired) electrons. The minimum absolute atomic E-state index is 0.0627. The number of anilines is 1. The Labute approximate surface area is 121 Å². The van der Waals surface area contributed by atoms with Crippen LogP contribution in [0.4, 0.5) is 5.69 Å². The van der Waals surface area contributed by atoms with Crippen LogP contribution in [0.2, 0.25) is 0 Å². The SMILES string of the molecule is Nc1ccc(=O)n(CCCOc2ccc3c(c2)OCO3)c1. The van der Waals surface area contributed by atoms with E-state index in [9.17, 15) is 4.79 Å². The van der Waals surface area contributed by atoms with Crippen molar-refractivity contribution >= 4 is 5.69 Å². The molecule has 0 unspecified atom stereocenters. The first-order valence-corrected chi connectivity index (χ1v) is 6.71. The van der Waals surface area contributed by atoms with E-state index in [1.165, 1.54) is 6.07 Å². The van der Waals surface area contributed by atoms with E-state index in [-0.39, 0.29) is 12.4 Å². The summed E-state index contributed by atoms with van der Waals surface area (Å²) in [5.74, 6) is 2.15. The maximum Gasteiger partial charge on any atom is 0.250 e. The predicted molar refractivity (Wildman–Crippen MR) is 77.8 cm³/mol. The maximum absolute atomic E-state index is 11.6. The number of benzene rings is 1. The summed E-state index contributed by atoms with van der Waals surface area (Å²) in [4.78, 5) is 11.6. The number of pyridine rings is 1. The largest absolute Gasteiger partial charge is 0.493 e. The van der Waals surface area contributed by atoms with Crippen molar-refractivity contribution < 1.29 is 14.2 Å². The van der Waals surface area contributed by atoms with Gasteiger partial charge >= 0.3 is 0 Å². The smallest absolute Gasteiger partial charge is 0.250 e. The van der Waals surface area contributed by atoms with Gasteiger partial charge in [-0.15, -0.1) is 0 Å². The molecule has 6 nitrogen and oxygen atoms in total. The van der Waals surface area contributed by atoms with Gasteiger partial charge in [0.2, 0.25) is 6.79 Å². The number of aromatic nitrogens is 1. The van der Waals surface area contributed by atoms with E-state index >= 15 is 0 Å². The second-order valence-corrected chi connectivity index (χ2v) is 4.71. The third kappa shape index (κ3) is 3.10. The van der Waals surface area contributed by atoms with E-state index in [4.69, 9.17) is 19.9 Å². The Morgan fingerprint density at radius 1 is 1.19 bits per heavy atom. The van der Waals surface area contributed by atoms with Crippen LogP contribution in [0, 0.1) is 0 Å². The fraction of sp³-hybridized carbons (Fsp3) is 0.267. The van der Waals surface area contributed by atoms with Gasteiger partial charge in [-0.1, -0.05) is 0 Å². The van der Waals surface area contributed by atoms with Crippen molar-refractivity contribution in [3.8, 4) is 17.2 Å². The monoisotopic (exact) mass is 288 g/mol. The molecule has 0 amide bonds. The molecule has 6 heteroatoms. The van der Waals surface area contributed by atoms with Crippen molar-refractivity contribution in [1.82, 2.24) is 4.57 Å². The van der Waals surface area contributed by atoms with E-state index in [0.29, 0.717) is 31.0 Å². The number of ether oxygens (including phenoxy) is 3. The van der Waals surface area contributed by atoms with Crippen LogP contribution in [0.1, 0.15) is 6.42 Å². The van der Waals surface area contributed by atoms with Gasteiger partial charge in [0.05, 0.1) is 6.61 Å². The van der Waals surface area contributed by atoms with E-state index in [0.717, 1.165) is 11.5 Å². The average molecular weight is 288 g/mol. The average Bonchev–Trinajstić information content (AvgIpc) is 2.94. The van der Waals surface area contributed by atoms with Gasteiger partial charge in [0.25, 0.3) is 5.56 Å². The first-order chi connectivity index (χ1) is 10.2. The van der Waals surface area contributed by atoms with Crippen molar-refractivity contribution in [3.05, 3.63) is 46.9 Å². The molecule has 1 aliphatic rings. The van der Waals surface area contributed by atoms with E-state index < -0.39 is 0 Å². The van der Waals surface area contributed by atoms with Crippen molar-refractivity contribution in [2.75, 3.05) is 19.1 Å². The molecule has 1 aromatic carbocycles. The van der Waals surface area contributed by atoms with Crippen LogP contribution in [0.3, 0.4) is 0 Å². The minimum atomic E-state index is -0.0627. The standard InChI is InChI=1S/C15H16N2O4/c16-11-2-5-15(18)17(9-11)6-1-7-19-12-3-4-13-14(8-12)21-10-20-13/h2-5,8-9H,1,6-7,10,16H2. The van der Waals surface area contributed by atoms with Crippen molar-refractivity contribution in [2.45, 2.75) is 13.0 Å². The van der Waals surface area contributed by atoms with Crippen LogP contribution in [0.5, 0.6) is 17.2 Å². The van der Waals surface area contributed by atoms with E-state index in [2.05, 4.69) is 0 Å². The molecule has 0 fully saturated rings. The molecule has 0 aliphatic carbocycles. The minimum Gasteiger partial charge on any atom is -0.493 e. The molecule has 0 saturated heterocycles. The summed E-state index contributed by atoms with van der Waals surface area (Å²) in [6, 6.07) is 8.52. The molecule has 2 N–H and O–H groups in total. The molecule has 0 atom stereocenters. The van der Waals surface area contributed by atoms with Crippen LogP contribution in [0.25, 0.3) is 0 Å². The van der Waals surface area contributed by atoms with Crippen molar-refractivity contribution in [2.24, 2.45) is 0 Å². The molecule has 2 heterocycles. The molecule has 0 spiro atoms. The Kier molecular flexibility index (Phi) is 3.68. The summed E-state index contributed by atoms with van der Waals surface area (Å²) < 4.78 is 17.7. The highest BCUT2D eigenvalue weighted by atomic mass is 16.7. The van der Waals surface area contributed by atoms with Crippen LogP contribution < -0.4 is 25.5 Å². The zero-order valence-electron chi connectivity index (χ0n) is 11.5. The quantitative estimate of drug-likeness (QED) is 0.846. The zero-order valence-corrected chi connectivity index (χ0v) is 11.5. The Morgan fingerprint density at radius 2 is 2.05 bits per heavy atom. The highest BCUT2D eigenvalue weighted by molar-refractivity contribution is 5.46. The number of hydrogen-bond donors (Lipinski definition) is 1. The summed E-state index contributed by atoms with van der Waals surface area (Å²) in [6.45, 7) is 1.31. The Balaban J connectivity index is 1.52. The third-order valence-electron chi connectivity index (χ3n) is 3.16. The van der Waals surface area contributed by atoms with Crippen LogP contribution in [-0.2, 0) is 6.54 Å².